The van der Waals surface area contributed by atoms with Crippen LogP contribution >= 0.6 is 11.6 Å². The van der Waals surface area contributed by atoms with Gasteiger partial charge in [0.1, 0.15) is 23.0 Å². The van der Waals surface area contributed by atoms with Gasteiger partial charge in [-0.05, 0) is 37.6 Å². The molecule has 14 heteroatoms. The highest BCUT2D eigenvalue weighted by Crippen LogP contribution is 2.37. The lowest BCUT2D eigenvalue weighted by Crippen LogP contribution is -2.33. The van der Waals surface area contributed by atoms with Crippen molar-refractivity contribution < 1.29 is 27.8 Å². The van der Waals surface area contributed by atoms with Crippen molar-refractivity contribution in [2.45, 2.75) is 32.5 Å². The fraction of sp³-hybridized carbons (Fsp3) is 0.261. The molecule has 1 aromatic carbocycles. The van der Waals surface area contributed by atoms with Gasteiger partial charge in [0.2, 0.25) is 0 Å². The van der Waals surface area contributed by atoms with E-state index in [1.54, 1.807) is 19.2 Å². The predicted octanol–water partition coefficient (Wildman–Crippen LogP) is 3.38. The number of nitrogens with two attached hydrogens (primary N) is 1. The van der Waals surface area contributed by atoms with E-state index < -0.39 is 24.5 Å². The van der Waals surface area contributed by atoms with Gasteiger partial charge in [0.05, 0.1) is 18.5 Å². The summed E-state index contributed by atoms with van der Waals surface area (Å²) in [4.78, 5) is 29.2. The molecule has 0 aliphatic heterocycles. The highest BCUT2D eigenvalue weighted by atomic mass is 35.5. The highest BCUT2D eigenvalue weighted by Gasteiger charge is 2.23. The summed E-state index contributed by atoms with van der Waals surface area (Å²) < 4.78 is 38.6. The quantitative estimate of drug-likeness (QED) is 0.296. The Morgan fingerprint density at radius 1 is 1.30 bits per heavy atom. The minimum absolute atomic E-state index is 0.112. The Labute approximate surface area is 214 Å². The van der Waals surface area contributed by atoms with Gasteiger partial charge in [0, 0.05) is 35.7 Å². The second kappa shape index (κ2) is 11.3. The third kappa shape index (κ3) is 6.01. The minimum Gasteiger partial charge on any atom is -0.465 e. The zero-order valence-electron chi connectivity index (χ0n) is 19.5. The number of amides is 1. The molecule has 0 spiro atoms. The normalized spacial score (nSPS) is 12.1. The van der Waals surface area contributed by atoms with Gasteiger partial charge in [-0.1, -0.05) is 11.6 Å². The first-order valence-corrected chi connectivity index (χ1v) is 11.5. The highest BCUT2D eigenvalue weighted by molar-refractivity contribution is 6.31. The molecule has 3 heterocycles. The van der Waals surface area contributed by atoms with E-state index in [2.05, 4.69) is 25.2 Å². The van der Waals surface area contributed by atoms with Gasteiger partial charge < -0.3 is 20.5 Å². The van der Waals surface area contributed by atoms with Crippen molar-refractivity contribution in [1.82, 2.24) is 24.4 Å². The lowest BCUT2D eigenvalue weighted by Gasteiger charge is -2.11. The number of benzene rings is 1. The summed E-state index contributed by atoms with van der Waals surface area (Å²) in [7, 11) is 0. The van der Waals surface area contributed by atoms with Crippen LogP contribution in [0.1, 0.15) is 23.7 Å². The fourth-order valence-corrected chi connectivity index (χ4v) is 3.70. The van der Waals surface area contributed by atoms with Crippen molar-refractivity contribution >= 4 is 34.8 Å². The molecule has 0 radical (unpaired) electrons. The number of anilines is 1. The van der Waals surface area contributed by atoms with Gasteiger partial charge in [-0.2, -0.15) is 19.0 Å². The number of aryl methyl sites for hydroxylation is 1. The van der Waals surface area contributed by atoms with Crippen LogP contribution in [0.25, 0.3) is 16.9 Å². The maximum atomic E-state index is 13.1. The molecule has 3 aromatic heterocycles. The average molecular weight is 534 g/mol. The minimum atomic E-state index is -3.10. The van der Waals surface area contributed by atoms with Crippen molar-refractivity contribution in [1.29, 1.82) is 0 Å². The Morgan fingerprint density at radius 3 is 2.86 bits per heavy atom. The van der Waals surface area contributed by atoms with E-state index >= 15 is 0 Å². The summed E-state index contributed by atoms with van der Waals surface area (Å²) in [5.41, 5.74) is 6.78. The first-order valence-electron chi connectivity index (χ1n) is 11.1. The number of fused-ring (bicyclic) bond motifs is 1. The van der Waals surface area contributed by atoms with E-state index in [-0.39, 0.29) is 52.9 Å². The summed E-state index contributed by atoms with van der Waals surface area (Å²) in [5, 5.41) is 11.5. The maximum absolute atomic E-state index is 13.1. The summed E-state index contributed by atoms with van der Waals surface area (Å²) in [6.45, 7) is -1.09. The van der Waals surface area contributed by atoms with Gasteiger partial charge >= 0.3 is 12.6 Å². The van der Waals surface area contributed by atoms with Crippen LogP contribution in [-0.4, -0.2) is 55.5 Å². The molecule has 0 fully saturated rings. The second-order valence-corrected chi connectivity index (χ2v) is 8.16. The molecule has 0 saturated heterocycles. The number of carbonyl (C=O) groups excluding carboxylic acids is 2. The molecule has 0 unspecified atom stereocenters. The van der Waals surface area contributed by atoms with E-state index in [9.17, 15) is 18.4 Å². The molecule has 11 nitrogen and oxygen atoms in total. The summed E-state index contributed by atoms with van der Waals surface area (Å²) in [6.07, 6.45) is 6.16. The monoisotopic (exact) mass is 533 g/mol. The summed E-state index contributed by atoms with van der Waals surface area (Å²) >= 11 is 6.13. The molecular weight excluding hydrogens is 512 g/mol. The van der Waals surface area contributed by atoms with Crippen molar-refractivity contribution in [3.8, 4) is 17.0 Å². The van der Waals surface area contributed by atoms with Crippen molar-refractivity contribution in [2.75, 3.05) is 11.9 Å². The SMILES string of the molecule is CCOC(=O)[C@@H](N)CCn1cc(NC(=O)c2cnn3cccnc23)c(-c2cc(Cl)ccc2OC(F)F)n1. The average Bonchev–Trinajstić information content (AvgIpc) is 3.47. The molecule has 0 bridgehead atoms. The van der Waals surface area contributed by atoms with Crippen LogP contribution < -0.4 is 15.8 Å². The van der Waals surface area contributed by atoms with Gasteiger partial charge in [-0.25, -0.2) is 9.50 Å². The molecule has 37 heavy (non-hydrogen) atoms. The Kier molecular flexibility index (Phi) is 7.94. The molecule has 3 N–H and O–H groups in total. The molecule has 4 rings (SSSR count). The topological polar surface area (TPSA) is 139 Å². The van der Waals surface area contributed by atoms with Crippen molar-refractivity contribution in [3.05, 3.63) is 59.6 Å². The Balaban J connectivity index is 1.69. The standard InChI is InChI=1S/C23H22ClF2N7O4/c1-2-36-22(35)16(27)6-9-32-12-17(30-21(34)15-11-29-33-8-3-7-28-20(15)33)19(31-32)14-10-13(24)4-5-18(14)37-23(25)26/h3-5,7-8,10-12,16,23H,2,6,9,27H2,1H3,(H,30,34)/t16-/m0/s1. The molecule has 4 aromatic rings. The zero-order chi connectivity index (χ0) is 26.5. The number of hydrogen-bond donors (Lipinski definition) is 2. The molecule has 0 saturated carbocycles. The number of halogens is 3. The molecular formula is C23H22ClF2N7O4. The largest absolute Gasteiger partial charge is 0.465 e. The number of aromatic nitrogens is 5. The number of alkyl halides is 2. The first kappa shape index (κ1) is 26.0. The van der Waals surface area contributed by atoms with E-state index in [1.807, 2.05) is 0 Å². The van der Waals surface area contributed by atoms with Crippen LogP contribution in [0.5, 0.6) is 5.75 Å². The molecule has 1 amide bonds. The third-order valence-corrected chi connectivity index (χ3v) is 5.44. The van der Waals surface area contributed by atoms with Crippen molar-refractivity contribution in [2.24, 2.45) is 5.73 Å². The number of hydrogen-bond acceptors (Lipinski definition) is 8. The van der Waals surface area contributed by atoms with Crippen LogP contribution in [0.3, 0.4) is 0 Å². The van der Waals surface area contributed by atoms with E-state index in [0.29, 0.717) is 5.65 Å². The lowest BCUT2D eigenvalue weighted by molar-refractivity contribution is -0.144. The third-order valence-electron chi connectivity index (χ3n) is 5.21. The smallest absolute Gasteiger partial charge is 0.387 e. The van der Waals surface area contributed by atoms with Crippen LogP contribution in [0.2, 0.25) is 5.02 Å². The molecule has 0 aliphatic carbocycles. The van der Waals surface area contributed by atoms with Gasteiger partial charge in [0.25, 0.3) is 5.91 Å². The number of nitrogens with zero attached hydrogens (tertiary/aromatic N) is 5. The number of rotatable bonds is 10. The fourth-order valence-electron chi connectivity index (χ4n) is 3.53. The number of nitrogens with one attached hydrogen (secondary N) is 1. The zero-order valence-corrected chi connectivity index (χ0v) is 20.2. The van der Waals surface area contributed by atoms with Gasteiger partial charge in [0.15, 0.2) is 5.65 Å². The van der Waals surface area contributed by atoms with Crippen LogP contribution in [-0.2, 0) is 16.1 Å². The molecule has 0 aliphatic rings. The summed E-state index contributed by atoms with van der Waals surface area (Å²) in [6, 6.07) is 4.82. The Hall–Kier alpha value is -4.10. The van der Waals surface area contributed by atoms with Gasteiger partial charge in [-0.3, -0.25) is 14.3 Å². The Bertz CT molecular complexity index is 1430. The molecule has 194 valence electrons. The van der Waals surface area contributed by atoms with Gasteiger partial charge in [-0.15, -0.1) is 0 Å². The number of carbonyl (C=O) groups is 2. The number of esters is 1. The molecule has 1 atom stereocenters. The predicted molar refractivity (Wildman–Crippen MR) is 129 cm³/mol. The van der Waals surface area contributed by atoms with Crippen molar-refractivity contribution in [3.63, 3.8) is 0 Å². The summed E-state index contributed by atoms with van der Waals surface area (Å²) in [5.74, 6) is -1.32. The van der Waals surface area contributed by atoms with Crippen LogP contribution in [0.4, 0.5) is 14.5 Å². The van der Waals surface area contributed by atoms with E-state index in [4.69, 9.17) is 22.1 Å². The maximum Gasteiger partial charge on any atom is 0.387 e. The van der Waals surface area contributed by atoms with E-state index in [1.165, 1.54) is 46.0 Å². The lowest BCUT2D eigenvalue weighted by atomic mass is 10.1. The van der Waals surface area contributed by atoms with E-state index in [0.717, 1.165) is 0 Å². The van der Waals surface area contributed by atoms with Crippen LogP contribution in [0, 0.1) is 0 Å². The second-order valence-electron chi connectivity index (χ2n) is 7.72. The first-order chi connectivity index (χ1) is 17.8. The Morgan fingerprint density at radius 2 is 2.11 bits per heavy atom. The number of ether oxygens (including phenoxy) is 2. The van der Waals surface area contributed by atoms with Crippen LogP contribution in [0.15, 0.2) is 49.1 Å².